The standard InChI is InChI=1S/C10H15N/c1-4-6-8-10(3)11-9-7-5-2/h4-5,7,9H,1-2,6,8H2,3H3/b9-7-,11-10+. The lowest BCUT2D eigenvalue weighted by Crippen LogP contribution is -1.87. The van der Waals surface area contributed by atoms with Crippen molar-refractivity contribution >= 4 is 5.71 Å². The molecule has 0 aromatic carbocycles. The Kier molecular flexibility index (Phi) is 6.30. The molecule has 1 nitrogen and oxygen atoms in total. The van der Waals surface area contributed by atoms with E-state index >= 15 is 0 Å². The summed E-state index contributed by atoms with van der Waals surface area (Å²) in [5, 5.41) is 0. The minimum atomic E-state index is 0.991. The summed E-state index contributed by atoms with van der Waals surface area (Å²) >= 11 is 0. The van der Waals surface area contributed by atoms with Crippen LogP contribution >= 0.6 is 0 Å². The van der Waals surface area contributed by atoms with Gasteiger partial charge in [-0.2, -0.15) is 0 Å². The Labute approximate surface area is 68.9 Å². The van der Waals surface area contributed by atoms with Crippen molar-refractivity contribution in [3.8, 4) is 0 Å². The van der Waals surface area contributed by atoms with E-state index < -0.39 is 0 Å². The molecule has 11 heavy (non-hydrogen) atoms. The highest BCUT2D eigenvalue weighted by atomic mass is 14.7. The van der Waals surface area contributed by atoms with Gasteiger partial charge in [-0.1, -0.05) is 18.7 Å². The van der Waals surface area contributed by atoms with Gasteiger partial charge >= 0.3 is 0 Å². The Morgan fingerprint density at radius 2 is 2.18 bits per heavy atom. The second-order valence-corrected chi connectivity index (χ2v) is 2.27. The lowest BCUT2D eigenvalue weighted by atomic mass is 10.2. The first-order valence-corrected chi connectivity index (χ1v) is 3.73. The molecule has 0 saturated carbocycles. The smallest absolute Gasteiger partial charge is 0.0266 e. The van der Waals surface area contributed by atoms with Gasteiger partial charge in [0.2, 0.25) is 0 Å². The zero-order valence-corrected chi connectivity index (χ0v) is 7.09. The lowest BCUT2D eigenvalue weighted by Gasteiger charge is -1.92. The van der Waals surface area contributed by atoms with Gasteiger partial charge in [-0.25, -0.2) is 0 Å². The van der Waals surface area contributed by atoms with Crippen LogP contribution in [0.2, 0.25) is 0 Å². The molecular weight excluding hydrogens is 134 g/mol. The van der Waals surface area contributed by atoms with E-state index in [1.54, 1.807) is 12.3 Å². The molecule has 0 rings (SSSR count). The molecular formula is C10H15N. The third-order valence-corrected chi connectivity index (χ3v) is 1.23. The van der Waals surface area contributed by atoms with Gasteiger partial charge in [0.25, 0.3) is 0 Å². The van der Waals surface area contributed by atoms with Crippen molar-refractivity contribution in [1.82, 2.24) is 0 Å². The summed E-state index contributed by atoms with van der Waals surface area (Å²) in [4.78, 5) is 4.17. The van der Waals surface area contributed by atoms with Crippen LogP contribution in [0.4, 0.5) is 0 Å². The van der Waals surface area contributed by atoms with Crippen LogP contribution in [-0.2, 0) is 0 Å². The highest BCUT2D eigenvalue weighted by Gasteiger charge is 1.85. The van der Waals surface area contributed by atoms with Crippen molar-refractivity contribution in [3.63, 3.8) is 0 Å². The second kappa shape index (κ2) is 7.00. The summed E-state index contributed by atoms with van der Waals surface area (Å²) in [6.45, 7) is 9.20. The van der Waals surface area contributed by atoms with Crippen molar-refractivity contribution in [2.24, 2.45) is 4.99 Å². The van der Waals surface area contributed by atoms with E-state index in [0.29, 0.717) is 0 Å². The fourth-order valence-electron chi connectivity index (χ4n) is 0.607. The minimum Gasteiger partial charge on any atom is -0.266 e. The predicted octanol–water partition coefficient (Wildman–Crippen LogP) is 3.11. The topological polar surface area (TPSA) is 12.4 Å². The number of rotatable bonds is 5. The van der Waals surface area contributed by atoms with Gasteiger partial charge in [0, 0.05) is 11.9 Å². The first-order chi connectivity index (χ1) is 5.31. The van der Waals surface area contributed by atoms with Crippen molar-refractivity contribution in [2.45, 2.75) is 19.8 Å². The summed E-state index contributed by atoms with van der Waals surface area (Å²) < 4.78 is 0. The molecule has 0 aliphatic rings. The molecule has 0 fully saturated rings. The fraction of sp³-hybridized carbons (Fsp3) is 0.300. The molecule has 0 spiro atoms. The molecule has 0 unspecified atom stereocenters. The SMILES string of the molecule is C=C/C=C\N=C(/C)CCC=C. The van der Waals surface area contributed by atoms with Gasteiger partial charge in [0.15, 0.2) is 0 Å². The Bertz CT molecular complexity index is 175. The number of allylic oxidation sites excluding steroid dienone is 3. The Hall–Kier alpha value is -1.11. The molecule has 0 amide bonds. The van der Waals surface area contributed by atoms with Gasteiger partial charge < -0.3 is 0 Å². The van der Waals surface area contributed by atoms with Crippen LogP contribution in [0.3, 0.4) is 0 Å². The highest BCUT2D eigenvalue weighted by molar-refractivity contribution is 5.82. The molecule has 0 heterocycles. The maximum absolute atomic E-state index is 4.17. The van der Waals surface area contributed by atoms with E-state index in [0.717, 1.165) is 18.6 Å². The maximum atomic E-state index is 4.17. The largest absolute Gasteiger partial charge is 0.266 e. The number of nitrogens with zero attached hydrogens (tertiary/aromatic N) is 1. The van der Waals surface area contributed by atoms with Crippen LogP contribution in [0, 0.1) is 0 Å². The van der Waals surface area contributed by atoms with Gasteiger partial charge in [-0.15, -0.1) is 6.58 Å². The average molecular weight is 149 g/mol. The van der Waals surface area contributed by atoms with E-state index in [9.17, 15) is 0 Å². The summed E-state index contributed by atoms with van der Waals surface area (Å²) in [6.07, 6.45) is 9.17. The van der Waals surface area contributed by atoms with Crippen LogP contribution in [0.25, 0.3) is 0 Å². The summed E-state index contributed by atoms with van der Waals surface area (Å²) in [5.41, 5.74) is 1.13. The zero-order valence-electron chi connectivity index (χ0n) is 7.09. The molecule has 1 heteroatoms. The molecule has 0 aliphatic heterocycles. The van der Waals surface area contributed by atoms with E-state index in [-0.39, 0.29) is 0 Å². The minimum absolute atomic E-state index is 0.991. The molecule has 0 aromatic heterocycles. The Morgan fingerprint density at radius 3 is 2.73 bits per heavy atom. The normalized spacial score (nSPS) is 11.9. The molecule has 0 atom stereocenters. The van der Waals surface area contributed by atoms with Crippen molar-refractivity contribution in [2.75, 3.05) is 0 Å². The van der Waals surface area contributed by atoms with Crippen LogP contribution in [0.15, 0.2) is 42.6 Å². The monoisotopic (exact) mass is 149 g/mol. The predicted molar refractivity (Wildman–Crippen MR) is 51.9 cm³/mol. The van der Waals surface area contributed by atoms with Crippen molar-refractivity contribution in [1.29, 1.82) is 0 Å². The first kappa shape index (κ1) is 9.89. The van der Waals surface area contributed by atoms with Crippen molar-refractivity contribution < 1.29 is 0 Å². The van der Waals surface area contributed by atoms with E-state index in [4.69, 9.17) is 0 Å². The Morgan fingerprint density at radius 1 is 1.45 bits per heavy atom. The van der Waals surface area contributed by atoms with E-state index in [1.165, 1.54) is 0 Å². The van der Waals surface area contributed by atoms with Gasteiger partial charge in [-0.05, 0) is 25.8 Å². The molecule has 60 valence electrons. The summed E-state index contributed by atoms with van der Waals surface area (Å²) in [7, 11) is 0. The molecule has 0 radical (unpaired) electrons. The van der Waals surface area contributed by atoms with Crippen LogP contribution in [0.5, 0.6) is 0 Å². The number of hydrogen-bond donors (Lipinski definition) is 0. The molecule has 0 N–H and O–H groups in total. The van der Waals surface area contributed by atoms with Gasteiger partial charge in [0.1, 0.15) is 0 Å². The number of hydrogen-bond acceptors (Lipinski definition) is 1. The summed E-state index contributed by atoms with van der Waals surface area (Å²) in [5.74, 6) is 0. The van der Waals surface area contributed by atoms with Crippen LogP contribution in [-0.4, -0.2) is 5.71 Å². The second-order valence-electron chi connectivity index (χ2n) is 2.27. The number of aliphatic imine (C=N–C) groups is 1. The quantitative estimate of drug-likeness (QED) is 0.323. The fourth-order valence-corrected chi connectivity index (χ4v) is 0.607. The van der Waals surface area contributed by atoms with E-state index in [1.807, 2.05) is 19.1 Å². The zero-order chi connectivity index (χ0) is 8.53. The third kappa shape index (κ3) is 6.78. The molecule has 0 aliphatic carbocycles. The molecule has 0 saturated heterocycles. The maximum Gasteiger partial charge on any atom is 0.0266 e. The summed E-state index contributed by atoms with van der Waals surface area (Å²) in [6, 6.07) is 0. The first-order valence-electron chi connectivity index (χ1n) is 3.73. The molecule has 0 bridgehead atoms. The van der Waals surface area contributed by atoms with Gasteiger partial charge in [0.05, 0.1) is 0 Å². The Balaban J connectivity index is 3.70. The third-order valence-electron chi connectivity index (χ3n) is 1.23. The highest BCUT2D eigenvalue weighted by Crippen LogP contribution is 1.93. The van der Waals surface area contributed by atoms with Crippen molar-refractivity contribution in [3.05, 3.63) is 37.6 Å². The van der Waals surface area contributed by atoms with Crippen LogP contribution < -0.4 is 0 Å². The van der Waals surface area contributed by atoms with E-state index in [2.05, 4.69) is 18.2 Å². The van der Waals surface area contributed by atoms with Gasteiger partial charge in [-0.3, -0.25) is 4.99 Å². The lowest BCUT2D eigenvalue weighted by molar-refractivity contribution is 1.09. The molecule has 0 aromatic rings. The van der Waals surface area contributed by atoms with Crippen LogP contribution in [0.1, 0.15) is 19.8 Å². The average Bonchev–Trinajstić information content (AvgIpc) is 2.01.